The minimum absolute atomic E-state index is 0.0618. The molecule has 0 aromatic carbocycles. The second-order valence-corrected chi connectivity index (χ2v) is 6.79. The van der Waals surface area contributed by atoms with Gasteiger partial charge in [0.05, 0.1) is 6.04 Å². The standard InChI is InChI=1S/C16H22N4O2S/c1-11-5-7-20(8-6-11)14(15-4-3-12(2)22-15)9-17-16(21)13-10-23-19-18-13/h3-4,10-11,14H,5-9H2,1-2H3,(H,17,21)/t14-/m0/s1. The highest BCUT2D eigenvalue weighted by atomic mass is 32.1. The number of carbonyl (C=O) groups is 1. The molecule has 2 aromatic heterocycles. The maximum atomic E-state index is 12.1. The van der Waals surface area contributed by atoms with Gasteiger partial charge in [0.25, 0.3) is 5.91 Å². The molecule has 1 saturated heterocycles. The van der Waals surface area contributed by atoms with Crippen LogP contribution in [0.4, 0.5) is 0 Å². The maximum Gasteiger partial charge on any atom is 0.272 e. The average Bonchev–Trinajstić information content (AvgIpc) is 3.21. The molecule has 124 valence electrons. The highest BCUT2D eigenvalue weighted by Crippen LogP contribution is 2.27. The smallest absolute Gasteiger partial charge is 0.272 e. The van der Waals surface area contributed by atoms with Crippen LogP contribution < -0.4 is 5.32 Å². The fourth-order valence-corrected chi connectivity index (χ4v) is 3.36. The van der Waals surface area contributed by atoms with Crippen molar-refractivity contribution in [3.8, 4) is 0 Å². The van der Waals surface area contributed by atoms with Gasteiger partial charge >= 0.3 is 0 Å². The fourth-order valence-electron chi connectivity index (χ4n) is 2.93. The molecular weight excluding hydrogens is 312 g/mol. The van der Waals surface area contributed by atoms with Crippen molar-refractivity contribution in [2.45, 2.75) is 32.7 Å². The summed E-state index contributed by atoms with van der Waals surface area (Å²) in [5, 5.41) is 8.43. The van der Waals surface area contributed by atoms with Crippen LogP contribution >= 0.6 is 11.5 Å². The Morgan fingerprint density at radius 3 is 2.87 bits per heavy atom. The van der Waals surface area contributed by atoms with Gasteiger partial charge in [-0.2, -0.15) is 0 Å². The molecule has 6 nitrogen and oxygen atoms in total. The van der Waals surface area contributed by atoms with Gasteiger partial charge in [0.1, 0.15) is 11.5 Å². The molecule has 1 fully saturated rings. The molecule has 0 bridgehead atoms. The number of hydrogen-bond donors (Lipinski definition) is 1. The van der Waals surface area contributed by atoms with Gasteiger partial charge in [0, 0.05) is 11.9 Å². The first-order chi connectivity index (χ1) is 11.1. The fraction of sp³-hybridized carbons (Fsp3) is 0.562. The van der Waals surface area contributed by atoms with Gasteiger partial charge in [-0.15, -0.1) is 5.10 Å². The van der Waals surface area contributed by atoms with Crippen LogP contribution in [0.1, 0.15) is 47.8 Å². The zero-order valence-electron chi connectivity index (χ0n) is 13.5. The molecule has 0 saturated carbocycles. The summed E-state index contributed by atoms with van der Waals surface area (Å²) in [5.41, 5.74) is 0.372. The maximum absolute atomic E-state index is 12.1. The number of aromatic nitrogens is 2. The Labute approximate surface area is 140 Å². The van der Waals surface area contributed by atoms with Crippen LogP contribution in [0, 0.1) is 12.8 Å². The quantitative estimate of drug-likeness (QED) is 0.910. The molecule has 1 atom stereocenters. The number of amides is 1. The third kappa shape index (κ3) is 3.97. The van der Waals surface area contributed by atoms with Crippen molar-refractivity contribution >= 4 is 17.4 Å². The molecule has 3 heterocycles. The minimum atomic E-state index is -0.183. The molecular formula is C16H22N4O2S. The number of likely N-dealkylation sites (tertiary alicyclic amines) is 1. The molecule has 0 radical (unpaired) electrons. The van der Waals surface area contributed by atoms with E-state index in [1.165, 1.54) is 24.4 Å². The van der Waals surface area contributed by atoms with Crippen LogP contribution in [0.5, 0.6) is 0 Å². The first-order valence-electron chi connectivity index (χ1n) is 7.99. The van der Waals surface area contributed by atoms with Crippen LogP contribution in [0.25, 0.3) is 0 Å². The molecule has 3 rings (SSSR count). The summed E-state index contributed by atoms with van der Waals surface area (Å²) < 4.78 is 9.56. The van der Waals surface area contributed by atoms with E-state index in [1.54, 1.807) is 5.38 Å². The van der Waals surface area contributed by atoms with Crippen molar-refractivity contribution in [2.24, 2.45) is 5.92 Å². The summed E-state index contributed by atoms with van der Waals surface area (Å²) in [6.07, 6.45) is 2.36. The van der Waals surface area contributed by atoms with Crippen molar-refractivity contribution < 1.29 is 9.21 Å². The molecule has 1 N–H and O–H groups in total. The molecule has 1 aliphatic heterocycles. The Balaban J connectivity index is 1.69. The predicted molar refractivity (Wildman–Crippen MR) is 88.4 cm³/mol. The van der Waals surface area contributed by atoms with E-state index in [4.69, 9.17) is 4.42 Å². The lowest BCUT2D eigenvalue weighted by Crippen LogP contribution is -2.41. The van der Waals surface area contributed by atoms with E-state index >= 15 is 0 Å². The summed E-state index contributed by atoms with van der Waals surface area (Å²) in [7, 11) is 0. The van der Waals surface area contributed by atoms with Crippen LogP contribution in [0.2, 0.25) is 0 Å². The van der Waals surface area contributed by atoms with Crippen LogP contribution in [0.3, 0.4) is 0 Å². The van der Waals surface area contributed by atoms with E-state index in [0.29, 0.717) is 12.2 Å². The monoisotopic (exact) mass is 334 g/mol. The largest absolute Gasteiger partial charge is 0.465 e. The third-order valence-electron chi connectivity index (χ3n) is 4.40. The summed E-state index contributed by atoms with van der Waals surface area (Å²) in [5.74, 6) is 2.39. The van der Waals surface area contributed by atoms with Gasteiger partial charge in [-0.05, 0) is 62.4 Å². The van der Waals surface area contributed by atoms with Gasteiger partial charge in [-0.25, -0.2) is 0 Å². The summed E-state index contributed by atoms with van der Waals surface area (Å²) in [6.45, 7) is 6.80. The molecule has 1 amide bonds. The van der Waals surface area contributed by atoms with Crippen molar-refractivity contribution in [3.63, 3.8) is 0 Å². The summed E-state index contributed by atoms with van der Waals surface area (Å²) in [4.78, 5) is 14.5. The first-order valence-corrected chi connectivity index (χ1v) is 8.83. The number of hydrogen-bond acceptors (Lipinski definition) is 6. The number of nitrogens with one attached hydrogen (secondary N) is 1. The van der Waals surface area contributed by atoms with E-state index in [9.17, 15) is 4.79 Å². The number of piperidine rings is 1. The van der Waals surface area contributed by atoms with Crippen LogP contribution in [-0.2, 0) is 0 Å². The highest BCUT2D eigenvalue weighted by molar-refractivity contribution is 7.03. The number of aryl methyl sites for hydroxylation is 1. The molecule has 2 aromatic rings. The Kier molecular flexibility index (Phi) is 5.07. The van der Waals surface area contributed by atoms with Crippen molar-refractivity contribution in [3.05, 3.63) is 34.7 Å². The lowest BCUT2D eigenvalue weighted by Gasteiger charge is -2.35. The van der Waals surface area contributed by atoms with Gasteiger partial charge in [-0.1, -0.05) is 11.4 Å². The number of rotatable bonds is 5. The first kappa shape index (κ1) is 16.1. The normalized spacial score (nSPS) is 18.0. The number of furan rings is 1. The zero-order valence-corrected chi connectivity index (χ0v) is 14.3. The van der Waals surface area contributed by atoms with E-state index < -0.39 is 0 Å². The van der Waals surface area contributed by atoms with Gasteiger partial charge < -0.3 is 9.73 Å². The van der Waals surface area contributed by atoms with Crippen LogP contribution in [0.15, 0.2) is 21.9 Å². The Morgan fingerprint density at radius 2 is 2.26 bits per heavy atom. The lowest BCUT2D eigenvalue weighted by molar-refractivity contribution is 0.0890. The number of carbonyl (C=O) groups excluding carboxylic acids is 1. The van der Waals surface area contributed by atoms with Gasteiger partial charge in [-0.3, -0.25) is 9.69 Å². The second-order valence-electron chi connectivity index (χ2n) is 6.18. The van der Waals surface area contributed by atoms with E-state index in [1.807, 2.05) is 19.1 Å². The van der Waals surface area contributed by atoms with Gasteiger partial charge in [0.15, 0.2) is 5.69 Å². The molecule has 23 heavy (non-hydrogen) atoms. The van der Waals surface area contributed by atoms with Gasteiger partial charge in [0.2, 0.25) is 0 Å². The van der Waals surface area contributed by atoms with Crippen molar-refractivity contribution in [1.82, 2.24) is 19.8 Å². The van der Waals surface area contributed by atoms with Crippen molar-refractivity contribution in [1.29, 1.82) is 0 Å². The average molecular weight is 334 g/mol. The van der Waals surface area contributed by atoms with E-state index in [2.05, 4.69) is 26.7 Å². The Morgan fingerprint density at radius 1 is 1.48 bits per heavy atom. The van der Waals surface area contributed by atoms with Crippen molar-refractivity contribution in [2.75, 3.05) is 19.6 Å². The van der Waals surface area contributed by atoms with E-state index in [-0.39, 0.29) is 11.9 Å². The zero-order chi connectivity index (χ0) is 16.2. The second kappa shape index (κ2) is 7.23. The molecule has 1 aliphatic rings. The van der Waals surface area contributed by atoms with E-state index in [0.717, 1.165) is 30.5 Å². The minimum Gasteiger partial charge on any atom is -0.465 e. The summed E-state index contributed by atoms with van der Waals surface area (Å²) in [6, 6.07) is 4.04. The third-order valence-corrected chi connectivity index (χ3v) is 4.90. The molecule has 0 spiro atoms. The topological polar surface area (TPSA) is 71.3 Å². The highest BCUT2D eigenvalue weighted by Gasteiger charge is 2.27. The summed E-state index contributed by atoms with van der Waals surface area (Å²) >= 11 is 1.18. The Hall–Kier alpha value is -1.73. The molecule has 0 aliphatic carbocycles. The van der Waals surface area contributed by atoms with Crippen LogP contribution in [-0.4, -0.2) is 40.0 Å². The predicted octanol–water partition coefficient (Wildman–Crippen LogP) is 2.64. The Bertz CT molecular complexity index is 632. The SMILES string of the molecule is Cc1ccc([C@H](CNC(=O)c2csnn2)N2CCC(C)CC2)o1. The number of nitrogens with zero attached hydrogens (tertiary/aromatic N) is 3. The molecule has 7 heteroatoms. The lowest BCUT2D eigenvalue weighted by atomic mass is 9.97. The molecule has 0 unspecified atom stereocenters.